The Balaban J connectivity index is 1.55. The number of nitrogens with one attached hydrogen (secondary N) is 1. The molecule has 2 aliphatic heterocycles. The van der Waals surface area contributed by atoms with Gasteiger partial charge in [-0.15, -0.1) is 0 Å². The van der Waals surface area contributed by atoms with Crippen LogP contribution in [0.1, 0.15) is 21.5 Å². The lowest BCUT2D eigenvalue weighted by Crippen LogP contribution is -2.57. The average molecular weight is 470 g/mol. The molecule has 2 aromatic rings. The molecule has 0 spiro atoms. The third-order valence-electron chi connectivity index (χ3n) is 5.98. The first-order valence-electron chi connectivity index (χ1n) is 11.2. The lowest BCUT2D eigenvalue weighted by atomic mass is 10.1. The van der Waals surface area contributed by atoms with Gasteiger partial charge in [0.15, 0.2) is 6.17 Å². The molecule has 2 heterocycles. The Morgan fingerprint density at radius 1 is 0.971 bits per heavy atom. The number of ether oxygens (including phenoxy) is 1. The topological polar surface area (TPSA) is 108 Å². The van der Waals surface area contributed by atoms with Crippen molar-refractivity contribution in [3.8, 4) is 0 Å². The average Bonchev–Trinajstić information content (AvgIpc) is 3.33. The number of urea groups is 1. The molecule has 34 heavy (non-hydrogen) atoms. The Kier molecular flexibility index (Phi) is 7.39. The first kappa shape index (κ1) is 23.7. The summed E-state index contributed by atoms with van der Waals surface area (Å²) in [5, 5.41) is 2.85. The molecule has 9 nitrogen and oxygen atoms in total. The Hall–Kier alpha value is -3.50. The third kappa shape index (κ3) is 5.18. The van der Waals surface area contributed by atoms with Gasteiger partial charge in [-0.05, 0) is 35.4 Å². The first-order chi connectivity index (χ1) is 16.5. The molecule has 0 saturated carbocycles. The standard InChI is InChI=1S/C24H28FN5O4/c25-20-6-4-19(5-7-20)23(32)29-8-9-30(24(33)28-10-12-34-13-11-28)22(29)21(31)27-16-18-3-1-2-17(14-18)15-26/h1-7,14,22H,8-13,15-16,26H2,(H,27,31). The Morgan fingerprint density at radius 2 is 1.65 bits per heavy atom. The lowest BCUT2D eigenvalue weighted by Gasteiger charge is -2.34. The van der Waals surface area contributed by atoms with Crippen molar-refractivity contribution in [2.75, 3.05) is 39.4 Å². The summed E-state index contributed by atoms with van der Waals surface area (Å²) in [6, 6.07) is 12.3. The van der Waals surface area contributed by atoms with Crippen LogP contribution in [0.15, 0.2) is 48.5 Å². The number of benzene rings is 2. The van der Waals surface area contributed by atoms with E-state index >= 15 is 0 Å². The maximum atomic E-state index is 13.4. The van der Waals surface area contributed by atoms with Crippen LogP contribution in [-0.4, -0.2) is 78.1 Å². The number of rotatable bonds is 5. The van der Waals surface area contributed by atoms with Crippen molar-refractivity contribution in [2.45, 2.75) is 19.3 Å². The zero-order valence-electron chi connectivity index (χ0n) is 18.8. The quantitative estimate of drug-likeness (QED) is 0.683. The van der Waals surface area contributed by atoms with Gasteiger partial charge in [-0.25, -0.2) is 9.18 Å². The first-order valence-corrected chi connectivity index (χ1v) is 11.2. The van der Waals surface area contributed by atoms with Crippen molar-refractivity contribution >= 4 is 17.8 Å². The van der Waals surface area contributed by atoms with Gasteiger partial charge in [0.2, 0.25) is 0 Å². The van der Waals surface area contributed by atoms with Crippen LogP contribution in [0.3, 0.4) is 0 Å². The minimum Gasteiger partial charge on any atom is -0.378 e. The molecule has 180 valence electrons. The molecule has 2 saturated heterocycles. The normalized spacial score (nSPS) is 18.2. The van der Waals surface area contributed by atoms with E-state index in [1.165, 1.54) is 34.1 Å². The molecule has 1 unspecified atom stereocenters. The van der Waals surface area contributed by atoms with E-state index in [1.54, 1.807) is 4.90 Å². The highest BCUT2D eigenvalue weighted by Crippen LogP contribution is 2.21. The van der Waals surface area contributed by atoms with E-state index in [9.17, 15) is 18.8 Å². The molecule has 4 amide bonds. The molecule has 2 aromatic carbocycles. The number of carbonyl (C=O) groups is 3. The molecule has 2 aliphatic rings. The summed E-state index contributed by atoms with van der Waals surface area (Å²) in [5.41, 5.74) is 7.74. The van der Waals surface area contributed by atoms with Gasteiger partial charge in [0.1, 0.15) is 5.82 Å². The van der Waals surface area contributed by atoms with Crippen LogP contribution >= 0.6 is 0 Å². The molecule has 1 atom stereocenters. The highest BCUT2D eigenvalue weighted by molar-refractivity contribution is 5.99. The van der Waals surface area contributed by atoms with Crippen LogP contribution < -0.4 is 11.1 Å². The molecular weight excluding hydrogens is 441 g/mol. The van der Waals surface area contributed by atoms with Gasteiger partial charge in [-0.1, -0.05) is 24.3 Å². The number of nitrogens with two attached hydrogens (primary N) is 1. The highest BCUT2D eigenvalue weighted by atomic mass is 19.1. The monoisotopic (exact) mass is 469 g/mol. The van der Waals surface area contributed by atoms with Gasteiger partial charge < -0.3 is 25.6 Å². The number of hydrogen-bond acceptors (Lipinski definition) is 5. The number of amides is 4. The summed E-state index contributed by atoms with van der Waals surface area (Å²) in [6.45, 7) is 2.69. The molecule has 0 aromatic heterocycles. The Morgan fingerprint density at radius 3 is 2.35 bits per heavy atom. The molecule has 3 N–H and O–H groups in total. The fourth-order valence-electron chi connectivity index (χ4n) is 4.17. The van der Waals surface area contributed by atoms with Gasteiger partial charge in [0.25, 0.3) is 11.8 Å². The maximum absolute atomic E-state index is 13.4. The summed E-state index contributed by atoms with van der Waals surface area (Å²) in [5.74, 6) is -1.37. The molecule has 0 aliphatic carbocycles. The van der Waals surface area contributed by atoms with E-state index in [4.69, 9.17) is 10.5 Å². The van der Waals surface area contributed by atoms with Crippen molar-refractivity contribution in [3.05, 3.63) is 71.0 Å². The minimum absolute atomic E-state index is 0.188. The van der Waals surface area contributed by atoms with Crippen molar-refractivity contribution in [1.82, 2.24) is 20.0 Å². The van der Waals surface area contributed by atoms with E-state index in [0.717, 1.165) is 11.1 Å². The number of halogens is 1. The van der Waals surface area contributed by atoms with Gasteiger partial charge in [-0.3, -0.25) is 14.5 Å². The maximum Gasteiger partial charge on any atom is 0.322 e. The molecule has 2 fully saturated rings. The molecule has 0 bridgehead atoms. The van der Waals surface area contributed by atoms with Crippen molar-refractivity contribution in [2.24, 2.45) is 5.73 Å². The minimum atomic E-state index is -1.12. The van der Waals surface area contributed by atoms with Crippen LogP contribution in [-0.2, 0) is 22.6 Å². The summed E-state index contributed by atoms with van der Waals surface area (Å²) < 4.78 is 18.7. The summed E-state index contributed by atoms with van der Waals surface area (Å²) >= 11 is 0. The molecule has 0 radical (unpaired) electrons. The zero-order valence-corrected chi connectivity index (χ0v) is 18.8. The van der Waals surface area contributed by atoms with Crippen LogP contribution in [0.2, 0.25) is 0 Å². The van der Waals surface area contributed by atoms with Gasteiger partial charge >= 0.3 is 6.03 Å². The third-order valence-corrected chi connectivity index (χ3v) is 5.98. The van der Waals surface area contributed by atoms with E-state index < -0.39 is 23.8 Å². The van der Waals surface area contributed by atoms with Gasteiger partial charge in [0.05, 0.1) is 13.2 Å². The highest BCUT2D eigenvalue weighted by Gasteiger charge is 2.44. The molecular formula is C24H28FN5O4. The fraction of sp³-hybridized carbons (Fsp3) is 0.375. The van der Waals surface area contributed by atoms with E-state index in [0.29, 0.717) is 32.8 Å². The van der Waals surface area contributed by atoms with Crippen LogP contribution in [0.25, 0.3) is 0 Å². The number of carbonyl (C=O) groups excluding carboxylic acids is 3. The number of nitrogens with zero attached hydrogens (tertiary/aromatic N) is 3. The van der Waals surface area contributed by atoms with Gasteiger partial charge in [0, 0.05) is 44.8 Å². The van der Waals surface area contributed by atoms with Crippen LogP contribution in [0.4, 0.5) is 9.18 Å². The van der Waals surface area contributed by atoms with Crippen LogP contribution in [0.5, 0.6) is 0 Å². The van der Waals surface area contributed by atoms with Crippen molar-refractivity contribution < 1.29 is 23.5 Å². The Labute approximate surface area is 197 Å². The molecule has 10 heteroatoms. The van der Waals surface area contributed by atoms with E-state index in [-0.39, 0.29) is 31.2 Å². The van der Waals surface area contributed by atoms with Crippen molar-refractivity contribution in [3.63, 3.8) is 0 Å². The predicted octanol–water partition coefficient (Wildman–Crippen LogP) is 1.14. The zero-order chi connectivity index (χ0) is 24.1. The summed E-state index contributed by atoms with van der Waals surface area (Å²) in [6.07, 6.45) is -1.12. The smallest absolute Gasteiger partial charge is 0.322 e. The second-order valence-electron chi connectivity index (χ2n) is 8.20. The lowest BCUT2D eigenvalue weighted by molar-refractivity contribution is -0.128. The number of morpholine rings is 1. The van der Waals surface area contributed by atoms with Crippen LogP contribution in [0, 0.1) is 5.82 Å². The largest absolute Gasteiger partial charge is 0.378 e. The second-order valence-corrected chi connectivity index (χ2v) is 8.20. The predicted molar refractivity (Wildman–Crippen MR) is 122 cm³/mol. The number of hydrogen-bond donors (Lipinski definition) is 2. The second kappa shape index (κ2) is 10.6. The fourth-order valence-corrected chi connectivity index (χ4v) is 4.17. The van der Waals surface area contributed by atoms with Gasteiger partial charge in [-0.2, -0.15) is 0 Å². The molecule has 4 rings (SSSR count). The Bertz CT molecular complexity index is 1040. The van der Waals surface area contributed by atoms with E-state index in [2.05, 4.69) is 5.32 Å². The van der Waals surface area contributed by atoms with E-state index in [1.807, 2.05) is 24.3 Å². The van der Waals surface area contributed by atoms with Crippen molar-refractivity contribution in [1.29, 1.82) is 0 Å². The summed E-state index contributed by atoms with van der Waals surface area (Å²) in [4.78, 5) is 44.2. The SMILES string of the molecule is NCc1cccc(CNC(=O)C2N(C(=O)c3ccc(F)cc3)CCN2C(=O)N2CCOCC2)c1. The summed E-state index contributed by atoms with van der Waals surface area (Å²) in [7, 11) is 0.